The molecule has 4 N–H and O–H groups in total. The molecule has 2 heterocycles. The summed E-state index contributed by atoms with van der Waals surface area (Å²) < 4.78 is 4.90. The first-order valence-corrected chi connectivity index (χ1v) is 4.04. The molecule has 6 nitrogen and oxygen atoms in total. The van der Waals surface area contributed by atoms with E-state index in [1.807, 2.05) is 0 Å². The number of nitrogens with two attached hydrogens (primary N) is 2. The van der Waals surface area contributed by atoms with Crippen molar-refractivity contribution in [3.63, 3.8) is 0 Å². The molecule has 0 aliphatic heterocycles. The molecule has 0 atom stereocenters. The fourth-order valence-corrected chi connectivity index (χ4v) is 1.07. The summed E-state index contributed by atoms with van der Waals surface area (Å²) in [5.74, 6) is 0.491. The molecule has 0 bridgehead atoms. The molecule has 2 rings (SSSR count). The van der Waals surface area contributed by atoms with Gasteiger partial charge in [-0.15, -0.1) is 0 Å². The van der Waals surface area contributed by atoms with Gasteiger partial charge < -0.3 is 16.0 Å². The Morgan fingerprint density at radius 2 is 2.29 bits per heavy atom. The van der Waals surface area contributed by atoms with Crippen LogP contribution in [0.2, 0.25) is 0 Å². The molecule has 0 fully saturated rings. The number of nitrogen functional groups attached to an aromatic ring is 1. The molecule has 0 saturated carbocycles. The summed E-state index contributed by atoms with van der Waals surface area (Å²) in [7, 11) is 0. The highest BCUT2D eigenvalue weighted by Gasteiger charge is 2.06. The standard InChI is InChI=1S/C8H9N5O/c9-4-6-3-5(1-2-11-6)7-12-8(10)13-14-7/h1-3H,4,9H2,(H2,10,13). The predicted molar refractivity (Wildman–Crippen MR) is 49.8 cm³/mol. The monoisotopic (exact) mass is 191 g/mol. The van der Waals surface area contributed by atoms with Crippen molar-refractivity contribution in [2.45, 2.75) is 6.54 Å². The number of hydrogen-bond acceptors (Lipinski definition) is 6. The summed E-state index contributed by atoms with van der Waals surface area (Å²) >= 11 is 0. The molecule has 0 saturated heterocycles. The van der Waals surface area contributed by atoms with Crippen molar-refractivity contribution in [3.8, 4) is 11.5 Å². The first-order valence-electron chi connectivity index (χ1n) is 4.04. The van der Waals surface area contributed by atoms with Crippen LogP contribution in [0.5, 0.6) is 0 Å². The third-order valence-electron chi connectivity index (χ3n) is 1.71. The fourth-order valence-electron chi connectivity index (χ4n) is 1.07. The third-order valence-corrected chi connectivity index (χ3v) is 1.71. The summed E-state index contributed by atoms with van der Waals surface area (Å²) in [5.41, 5.74) is 12.3. The molecular weight excluding hydrogens is 182 g/mol. The number of aromatic nitrogens is 3. The smallest absolute Gasteiger partial charge is 0.261 e. The maximum Gasteiger partial charge on any atom is 0.261 e. The minimum Gasteiger partial charge on any atom is -0.365 e. The maximum atomic E-state index is 5.45. The summed E-state index contributed by atoms with van der Waals surface area (Å²) in [6, 6.07) is 3.54. The van der Waals surface area contributed by atoms with Crippen LogP contribution in [-0.2, 0) is 6.54 Å². The van der Waals surface area contributed by atoms with Gasteiger partial charge in [-0.2, -0.15) is 4.98 Å². The lowest BCUT2D eigenvalue weighted by molar-refractivity contribution is 0.433. The van der Waals surface area contributed by atoms with Crippen molar-refractivity contribution >= 4 is 5.95 Å². The Morgan fingerprint density at radius 3 is 2.93 bits per heavy atom. The van der Waals surface area contributed by atoms with Gasteiger partial charge in [0.2, 0.25) is 0 Å². The third kappa shape index (κ3) is 1.55. The van der Waals surface area contributed by atoms with Crippen LogP contribution in [0.3, 0.4) is 0 Å². The second-order valence-electron chi connectivity index (χ2n) is 2.70. The lowest BCUT2D eigenvalue weighted by Crippen LogP contribution is -1.99. The Balaban J connectivity index is 2.41. The normalized spacial score (nSPS) is 10.4. The fraction of sp³-hybridized carbons (Fsp3) is 0.125. The molecule has 6 heteroatoms. The molecule has 0 radical (unpaired) electrons. The number of anilines is 1. The van der Waals surface area contributed by atoms with E-state index in [4.69, 9.17) is 16.0 Å². The van der Waals surface area contributed by atoms with Crippen LogP contribution in [0.15, 0.2) is 22.9 Å². The van der Waals surface area contributed by atoms with Crippen LogP contribution >= 0.6 is 0 Å². The number of pyridine rings is 1. The van der Waals surface area contributed by atoms with Crippen molar-refractivity contribution in [3.05, 3.63) is 24.0 Å². The van der Waals surface area contributed by atoms with Crippen molar-refractivity contribution in [2.75, 3.05) is 5.73 Å². The lowest BCUT2D eigenvalue weighted by atomic mass is 10.2. The van der Waals surface area contributed by atoms with Gasteiger partial charge in [-0.25, -0.2) is 0 Å². The highest BCUT2D eigenvalue weighted by Crippen LogP contribution is 2.17. The van der Waals surface area contributed by atoms with Gasteiger partial charge in [-0.05, 0) is 17.3 Å². The molecule has 2 aromatic rings. The average Bonchev–Trinajstić information content (AvgIpc) is 2.65. The first kappa shape index (κ1) is 8.64. The van der Waals surface area contributed by atoms with Crippen LogP contribution in [0.25, 0.3) is 11.5 Å². The second kappa shape index (κ2) is 3.43. The van der Waals surface area contributed by atoms with E-state index in [9.17, 15) is 0 Å². The van der Waals surface area contributed by atoms with Crippen LogP contribution in [0.1, 0.15) is 5.69 Å². The molecular formula is C8H9N5O. The SMILES string of the molecule is NCc1cc(-c2nc(N)no2)ccn1. The zero-order chi connectivity index (χ0) is 9.97. The summed E-state index contributed by atoms with van der Waals surface area (Å²) in [5, 5.41) is 3.49. The van der Waals surface area contributed by atoms with Gasteiger partial charge in [-0.1, -0.05) is 0 Å². The van der Waals surface area contributed by atoms with E-state index in [-0.39, 0.29) is 5.95 Å². The van der Waals surface area contributed by atoms with Gasteiger partial charge in [0, 0.05) is 18.3 Å². The molecule has 72 valence electrons. The summed E-state index contributed by atoms with van der Waals surface area (Å²) in [6.07, 6.45) is 1.64. The number of nitrogens with zero attached hydrogens (tertiary/aromatic N) is 3. The van der Waals surface area contributed by atoms with E-state index >= 15 is 0 Å². The zero-order valence-electron chi connectivity index (χ0n) is 7.34. The van der Waals surface area contributed by atoms with Crippen molar-refractivity contribution in [1.29, 1.82) is 0 Å². The predicted octanol–water partition coefficient (Wildman–Crippen LogP) is 0.172. The molecule has 0 unspecified atom stereocenters. The molecule has 2 aromatic heterocycles. The van der Waals surface area contributed by atoms with Gasteiger partial charge in [0.25, 0.3) is 11.8 Å². The Labute approximate surface area is 79.9 Å². The van der Waals surface area contributed by atoms with E-state index in [2.05, 4.69) is 15.1 Å². The van der Waals surface area contributed by atoms with Gasteiger partial charge in [0.05, 0.1) is 5.69 Å². The Kier molecular flexibility index (Phi) is 2.11. The van der Waals surface area contributed by atoms with Crippen molar-refractivity contribution in [2.24, 2.45) is 5.73 Å². The van der Waals surface area contributed by atoms with E-state index < -0.39 is 0 Å². The van der Waals surface area contributed by atoms with E-state index in [0.717, 1.165) is 11.3 Å². The van der Waals surface area contributed by atoms with E-state index in [1.165, 1.54) is 0 Å². The highest BCUT2D eigenvalue weighted by atomic mass is 16.5. The molecule has 0 aliphatic rings. The van der Waals surface area contributed by atoms with Crippen molar-refractivity contribution in [1.82, 2.24) is 15.1 Å². The average molecular weight is 191 g/mol. The molecule has 14 heavy (non-hydrogen) atoms. The van der Waals surface area contributed by atoms with Gasteiger partial charge in [0.1, 0.15) is 0 Å². The maximum absolute atomic E-state index is 5.45. The number of rotatable bonds is 2. The second-order valence-corrected chi connectivity index (χ2v) is 2.70. The molecule has 0 aromatic carbocycles. The van der Waals surface area contributed by atoms with Gasteiger partial charge in [0.15, 0.2) is 0 Å². The first-order chi connectivity index (χ1) is 6.79. The largest absolute Gasteiger partial charge is 0.365 e. The Morgan fingerprint density at radius 1 is 1.43 bits per heavy atom. The van der Waals surface area contributed by atoms with Crippen LogP contribution < -0.4 is 11.5 Å². The minimum absolute atomic E-state index is 0.117. The number of hydrogen-bond donors (Lipinski definition) is 2. The van der Waals surface area contributed by atoms with Gasteiger partial charge in [-0.3, -0.25) is 4.98 Å². The molecule has 0 amide bonds. The van der Waals surface area contributed by atoms with Crippen LogP contribution in [0.4, 0.5) is 5.95 Å². The summed E-state index contributed by atoms with van der Waals surface area (Å²) in [4.78, 5) is 7.93. The topological polar surface area (TPSA) is 104 Å². The molecule has 0 spiro atoms. The van der Waals surface area contributed by atoms with Crippen LogP contribution in [0, 0.1) is 0 Å². The van der Waals surface area contributed by atoms with E-state index in [1.54, 1.807) is 18.3 Å². The van der Waals surface area contributed by atoms with E-state index in [0.29, 0.717) is 12.4 Å². The lowest BCUT2D eigenvalue weighted by Gasteiger charge is -1.96. The minimum atomic E-state index is 0.117. The highest BCUT2D eigenvalue weighted by molar-refractivity contribution is 5.53. The van der Waals surface area contributed by atoms with Gasteiger partial charge >= 0.3 is 0 Å². The van der Waals surface area contributed by atoms with Crippen LogP contribution in [-0.4, -0.2) is 15.1 Å². The quantitative estimate of drug-likeness (QED) is 0.701. The molecule has 0 aliphatic carbocycles. The zero-order valence-corrected chi connectivity index (χ0v) is 7.34. The Bertz CT molecular complexity index is 439. The Hall–Kier alpha value is -1.95. The van der Waals surface area contributed by atoms with Crippen molar-refractivity contribution < 1.29 is 4.52 Å². The summed E-state index contributed by atoms with van der Waals surface area (Å²) in [6.45, 7) is 0.372.